The van der Waals surface area contributed by atoms with Gasteiger partial charge in [-0.15, -0.1) is 10.2 Å². The summed E-state index contributed by atoms with van der Waals surface area (Å²) in [6, 6.07) is 17.4. The number of azo groups is 1. The van der Waals surface area contributed by atoms with Gasteiger partial charge in [-0.1, -0.05) is 34.1 Å². The van der Waals surface area contributed by atoms with Crippen LogP contribution >= 0.6 is 15.9 Å². The molecule has 3 aromatic carbocycles. The van der Waals surface area contributed by atoms with Crippen LogP contribution in [-0.2, 0) is 11.8 Å². The topological polar surface area (TPSA) is 139 Å². The van der Waals surface area contributed by atoms with E-state index >= 15 is 0 Å². The van der Waals surface area contributed by atoms with Crippen LogP contribution in [0.3, 0.4) is 0 Å². The number of halogens is 1. The van der Waals surface area contributed by atoms with Crippen molar-refractivity contribution in [2.24, 2.45) is 17.3 Å². The van der Waals surface area contributed by atoms with E-state index in [1.54, 1.807) is 48.0 Å². The van der Waals surface area contributed by atoms with Gasteiger partial charge < -0.3 is 15.0 Å². The summed E-state index contributed by atoms with van der Waals surface area (Å²) in [5.41, 5.74) is 2.11. The Morgan fingerprint density at radius 3 is 2.43 bits per heavy atom. The van der Waals surface area contributed by atoms with Gasteiger partial charge in [0, 0.05) is 34.6 Å². The molecule has 0 aliphatic heterocycles. The molecule has 0 fully saturated rings. The molecule has 2 amide bonds. The molecule has 0 spiro atoms. The third-order valence-corrected chi connectivity index (χ3v) is 6.01. The molecule has 0 aliphatic rings. The van der Waals surface area contributed by atoms with E-state index in [1.165, 1.54) is 30.3 Å². The molecule has 186 valence electrons. The number of nitrogens with one attached hydrogen (secondary N) is 1. The Morgan fingerprint density at radius 1 is 1.11 bits per heavy atom. The van der Waals surface area contributed by atoms with Crippen molar-refractivity contribution in [2.75, 3.05) is 0 Å². The summed E-state index contributed by atoms with van der Waals surface area (Å²) in [6.45, 7) is 1.88. The number of hydrogen-bond donors (Lipinski definition) is 2. The van der Waals surface area contributed by atoms with Crippen LogP contribution in [0.2, 0.25) is 0 Å². The van der Waals surface area contributed by atoms with Crippen molar-refractivity contribution >= 4 is 56.1 Å². The lowest BCUT2D eigenvalue weighted by Crippen LogP contribution is -2.26. The first-order valence-electron chi connectivity index (χ1n) is 10.9. The highest BCUT2D eigenvalue weighted by Crippen LogP contribution is 2.40. The molecule has 11 heteroatoms. The smallest absolute Gasteiger partial charge is 0.311 e. The summed E-state index contributed by atoms with van der Waals surface area (Å²) in [5, 5.41) is 32.5. The van der Waals surface area contributed by atoms with Gasteiger partial charge in [-0.05, 0) is 60.5 Å². The van der Waals surface area contributed by atoms with Crippen LogP contribution < -0.4 is 5.32 Å². The number of fused-ring (bicyclic) bond motifs is 1. The minimum absolute atomic E-state index is 0.0966. The van der Waals surface area contributed by atoms with Crippen molar-refractivity contribution in [3.05, 3.63) is 104 Å². The van der Waals surface area contributed by atoms with Crippen molar-refractivity contribution < 1.29 is 19.6 Å². The Balaban J connectivity index is 1.72. The molecular formula is C26H20BrN5O5. The van der Waals surface area contributed by atoms with Crippen LogP contribution in [0.25, 0.3) is 17.0 Å². The Bertz CT molecular complexity index is 1590. The molecule has 0 aliphatic carbocycles. The quantitative estimate of drug-likeness (QED) is 0.130. The highest BCUT2D eigenvalue weighted by Gasteiger charge is 2.19. The number of non-ortho nitro benzene ring substituents is 1. The average Bonchev–Trinajstić information content (AvgIpc) is 3.11. The monoisotopic (exact) mass is 561 g/mol. The van der Waals surface area contributed by atoms with Crippen LogP contribution in [-0.4, -0.2) is 26.4 Å². The number of aromatic hydroxyl groups is 1. The number of nitrogens with zero attached hydrogens (tertiary/aromatic N) is 4. The van der Waals surface area contributed by atoms with Gasteiger partial charge >= 0.3 is 5.91 Å². The molecule has 4 rings (SSSR count). The summed E-state index contributed by atoms with van der Waals surface area (Å²) < 4.78 is 2.31. The minimum atomic E-state index is -0.884. The van der Waals surface area contributed by atoms with E-state index in [0.717, 1.165) is 15.6 Å². The number of aryl methyl sites for hydroxylation is 2. The summed E-state index contributed by atoms with van der Waals surface area (Å²) >= 11 is 3.43. The number of nitro groups is 1. The minimum Gasteiger partial charge on any atom is -0.493 e. The molecule has 0 bridgehead atoms. The second-order valence-electron chi connectivity index (χ2n) is 8.08. The predicted molar refractivity (Wildman–Crippen MR) is 142 cm³/mol. The van der Waals surface area contributed by atoms with E-state index in [4.69, 9.17) is 0 Å². The van der Waals surface area contributed by atoms with Gasteiger partial charge in [0.15, 0.2) is 5.69 Å². The molecule has 37 heavy (non-hydrogen) atoms. The van der Waals surface area contributed by atoms with Crippen molar-refractivity contribution in [3.63, 3.8) is 0 Å². The Morgan fingerprint density at radius 2 is 1.78 bits per heavy atom. The first kappa shape index (κ1) is 25.5. The number of benzene rings is 3. The number of carbonyl (C=O) groups is 2. The number of amides is 2. The zero-order valence-electron chi connectivity index (χ0n) is 19.7. The molecule has 0 atom stereocenters. The molecular weight excluding hydrogens is 542 g/mol. The van der Waals surface area contributed by atoms with Crippen molar-refractivity contribution in [3.8, 4) is 5.88 Å². The van der Waals surface area contributed by atoms with Crippen molar-refractivity contribution in [1.82, 2.24) is 9.88 Å². The number of carbonyl (C=O) groups excluding carboxylic acids is 2. The van der Waals surface area contributed by atoms with Gasteiger partial charge in [0.25, 0.3) is 11.6 Å². The number of nitro benzene ring substituents is 1. The van der Waals surface area contributed by atoms with Crippen LogP contribution in [0.15, 0.2) is 87.1 Å². The molecule has 0 saturated heterocycles. The Kier molecular flexibility index (Phi) is 7.25. The molecule has 0 saturated carbocycles. The molecule has 10 nitrogen and oxygen atoms in total. The number of hydrogen-bond acceptors (Lipinski definition) is 6. The number of aromatic nitrogens is 1. The normalized spacial score (nSPS) is 11.7. The predicted octanol–water partition coefficient (Wildman–Crippen LogP) is 5.94. The van der Waals surface area contributed by atoms with Gasteiger partial charge in [0.05, 0.1) is 10.4 Å². The summed E-state index contributed by atoms with van der Waals surface area (Å²) in [4.78, 5) is 36.3. The van der Waals surface area contributed by atoms with Crippen molar-refractivity contribution in [2.45, 2.75) is 6.92 Å². The molecule has 0 radical (unpaired) electrons. The van der Waals surface area contributed by atoms with Gasteiger partial charge in [-0.3, -0.25) is 19.7 Å². The van der Waals surface area contributed by atoms with Crippen molar-refractivity contribution in [1.29, 1.82) is 0 Å². The fraction of sp³-hybridized carbons (Fsp3) is 0.0769. The third kappa shape index (κ3) is 5.46. The van der Waals surface area contributed by atoms with E-state index in [1.807, 2.05) is 13.0 Å². The zero-order chi connectivity index (χ0) is 26.7. The summed E-state index contributed by atoms with van der Waals surface area (Å²) in [7, 11) is 1.67. The molecule has 1 heterocycles. The third-order valence-electron chi connectivity index (χ3n) is 5.56. The van der Waals surface area contributed by atoms with Gasteiger partial charge in [0.1, 0.15) is 5.70 Å². The SMILES string of the molecule is Cc1cc(Br)cc2c(N=NC(=O)/C(=C\c3ccc([N+](=O)[O-])cc3)NC(=O)c3ccccc3)c(O)n(C)c12. The Hall–Kier alpha value is -4.64. The second kappa shape index (κ2) is 10.5. The lowest BCUT2D eigenvalue weighted by Gasteiger charge is -2.07. The van der Waals surface area contributed by atoms with E-state index in [9.17, 15) is 24.8 Å². The average molecular weight is 562 g/mol. The Labute approximate surface area is 219 Å². The van der Waals surface area contributed by atoms with Gasteiger partial charge in [-0.2, -0.15) is 0 Å². The van der Waals surface area contributed by atoms with Crippen LogP contribution in [0, 0.1) is 17.0 Å². The summed E-state index contributed by atoms with van der Waals surface area (Å²) in [5.74, 6) is -1.61. The van der Waals surface area contributed by atoms with Crippen LogP contribution in [0.5, 0.6) is 5.88 Å². The van der Waals surface area contributed by atoms with Crippen LogP contribution in [0.4, 0.5) is 11.4 Å². The van der Waals surface area contributed by atoms with Gasteiger partial charge in [-0.25, -0.2) is 0 Å². The standard InChI is InChI=1S/C26H20BrN5O5/c1-15-12-18(27)14-20-22(26(35)31(2)23(15)20)29-30-25(34)21(28-24(33)17-6-4-3-5-7-17)13-16-8-10-19(11-9-16)32(36)37/h3-14,35H,1-2H3,(H,28,33)/b21-13+,30-29?. The van der Waals surface area contributed by atoms with E-state index in [0.29, 0.717) is 16.5 Å². The first-order chi connectivity index (χ1) is 17.7. The highest BCUT2D eigenvalue weighted by atomic mass is 79.9. The molecule has 0 unspecified atom stereocenters. The second-order valence-corrected chi connectivity index (χ2v) is 9.00. The molecule has 4 aromatic rings. The lowest BCUT2D eigenvalue weighted by molar-refractivity contribution is -0.384. The maximum absolute atomic E-state index is 13.1. The maximum atomic E-state index is 13.1. The lowest BCUT2D eigenvalue weighted by atomic mass is 10.1. The molecule has 1 aromatic heterocycles. The maximum Gasteiger partial charge on any atom is 0.311 e. The fourth-order valence-corrected chi connectivity index (χ4v) is 4.36. The molecule has 2 N–H and O–H groups in total. The van der Waals surface area contributed by atoms with E-state index in [-0.39, 0.29) is 23.0 Å². The first-order valence-corrected chi connectivity index (χ1v) is 11.7. The number of rotatable bonds is 6. The summed E-state index contributed by atoms with van der Waals surface area (Å²) in [6.07, 6.45) is 1.34. The largest absolute Gasteiger partial charge is 0.493 e. The highest BCUT2D eigenvalue weighted by molar-refractivity contribution is 9.10. The zero-order valence-corrected chi connectivity index (χ0v) is 21.3. The van der Waals surface area contributed by atoms with Gasteiger partial charge in [0.2, 0.25) is 5.88 Å². The van der Waals surface area contributed by atoms with E-state index < -0.39 is 16.7 Å². The van der Waals surface area contributed by atoms with Crippen LogP contribution in [0.1, 0.15) is 21.5 Å². The fourth-order valence-electron chi connectivity index (χ4n) is 3.79. The van der Waals surface area contributed by atoms with E-state index in [2.05, 4.69) is 31.5 Å².